The number of hydrogen-bond acceptors (Lipinski definition) is 5. The highest BCUT2D eigenvalue weighted by atomic mass is 16.4. The highest BCUT2D eigenvalue weighted by Gasteiger charge is 2.36. The molecule has 144 valence electrons. The Kier molecular flexibility index (Phi) is 4.28. The van der Waals surface area contributed by atoms with Gasteiger partial charge in [-0.05, 0) is 30.0 Å². The average molecular weight is 384 g/mol. The third-order valence-corrected chi connectivity index (χ3v) is 5.72. The Labute approximate surface area is 168 Å². The van der Waals surface area contributed by atoms with E-state index < -0.39 is 0 Å². The monoisotopic (exact) mass is 384 g/mol. The van der Waals surface area contributed by atoms with Crippen LogP contribution in [0.15, 0.2) is 57.7 Å². The molecule has 1 aromatic carbocycles. The van der Waals surface area contributed by atoms with Crippen LogP contribution in [0, 0.1) is 17.2 Å². The number of benzene rings is 1. The second-order valence-electron chi connectivity index (χ2n) is 7.66. The minimum absolute atomic E-state index is 0.0661. The summed E-state index contributed by atoms with van der Waals surface area (Å²) in [6, 6.07) is 17.6. The van der Waals surface area contributed by atoms with Crippen molar-refractivity contribution in [2.45, 2.75) is 18.9 Å². The van der Waals surface area contributed by atoms with Crippen LogP contribution >= 0.6 is 0 Å². The largest absolute Gasteiger partial charge is 0.420 e. The predicted molar refractivity (Wildman–Crippen MR) is 110 cm³/mol. The quantitative estimate of drug-likeness (QED) is 0.691. The smallest absolute Gasteiger partial charge is 0.250 e. The van der Waals surface area contributed by atoms with Crippen molar-refractivity contribution < 1.29 is 4.42 Å². The van der Waals surface area contributed by atoms with Gasteiger partial charge in [0.2, 0.25) is 17.5 Å². The Morgan fingerprint density at radius 3 is 2.76 bits per heavy atom. The van der Waals surface area contributed by atoms with Gasteiger partial charge in [0.25, 0.3) is 5.56 Å². The van der Waals surface area contributed by atoms with E-state index in [1.807, 2.05) is 53.1 Å². The van der Waals surface area contributed by atoms with Gasteiger partial charge < -0.3 is 13.9 Å². The van der Waals surface area contributed by atoms with E-state index in [-0.39, 0.29) is 11.5 Å². The molecule has 3 aromatic rings. The molecule has 2 aliphatic rings. The van der Waals surface area contributed by atoms with E-state index in [1.54, 1.807) is 12.1 Å². The highest BCUT2D eigenvalue weighted by molar-refractivity contribution is 5.67. The van der Waals surface area contributed by atoms with E-state index in [0.29, 0.717) is 36.5 Å². The second kappa shape index (κ2) is 7.10. The van der Waals surface area contributed by atoms with Crippen molar-refractivity contribution in [3.05, 3.63) is 81.7 Å². The standard InChI is InChI=1S/C23H20N4O2/c24-12-19-23(29-21(25-19)10-9-16-5-2-1-3-6-16)26-13-17-11-18(15-26)20-7-4-8-22(28)27(20)14-17/h1-10,17-18H,11,13-15H2/b10-9+/t17-,18+/m0/s1. The normalized spacial score (nSPS) is 20.4. The summed E-state index contributed by atoms with van der Waals surface area (Å²) >= 11 is 0. The number of pyridine rings is 1. The molecule has 0 amide bonds. The van der Waals surface area contributed by atoms with Crippen LogP contribution in [0.1, 0.15) is 35.2 Å². The summed E-state index contributed by atoms with van der Waals surface area (Å²) in [6.45, 7) is 2.17. The number of aromatic nitrogens is 2. The van der Waals surface area contributed by atoms with Gasteiger partial charge in [0.05, 0.1) is 0 Å². The van der Waals surface area contributed by atoms with E-state index in [1.165, 1.54) is 0 Å². The van der Waals surface area contributed by atoms with Gasteiger partial charge in [0.1, 0.15) is 6.07 Å². The van der Waals surface area contributed by atoms with Crippen molar-refractivity contribution in [2.75, 3.05) is 18.0 Å². The Morgan fingerprint density at radius 1 is 1.07 bits per heavy atom. The lowest BCUT2D eigenvalue weighted by molar-refractivity contribution is 0.275. The van der Waals surface area contributed by atoms with Crippen molar-refractivity contribution >= 4 is 18.0 Å². The lowest BCUT2D eigenvalue weighted by Crippen LogP contribution is -2.47. The van der Waals surface area contributed by atoms with Crippen LogP contribution in [0.4, 0.5) is 5.88 Å². The van der Waals surface area contributed by atoms with Crippen molar-refractivity contribution in [2.24, 2.45) is 5.92 Å². The maximum atomic E-state index is 12.2. The van der Waals surface area contributed by atoms with Gasteiger partial charge in [-0.3, -0.25) is 4.79 Å². The molecule has 2 bridgehead atoms. The fourth-order valence-electron chi connectivity index (χ4n) is 4.48. The molecule has 2 aromatic heterocycles. The average Bonchev–Trinajstić information content (AvgIpc) is 3.17. The summed E-state index contributed by atoms with van der Waals surface area (Å²) in [5, 5.41) is 9.58. The van der Waals surface area contributed by atoms with Crippen LogP contribution in [-0.4, -0.2) is 22.6 Å². The number of nitrogens with zero attached hydrogens (tertiary/aromatic N) is 4. The molecule has 1 fully saturated rings. The van der Waals surface area contributed by atoms with Gasteiger partial charge in [-0.15, -0.1) is 0 Å². The van der Waals surface area contributed by atoms with Crippen LogP contribution in [0.25, 0.3) is 12.2 Å². The molecule has 1 saturated heterocycles. The van der Waals surface area contributed by atoms with Crippen molar-refractivity contribution in [1.82, 2.24) is 9.55 Å². The molecule has 0 saturated carbocycles. The molecule has 0 unspecified atom stereocenters. The summed E-state index contributed by atoms with van der Waals surface area (Å²) in [5.74, 6) is 1.55. The first-order chi connectivity index (χ1) is 14.2. The number of oxazole rings is 1. The molecule has 0 N–H and O–H groups in total. The van der Waals surface area contributed by atoms with E-state index in [0.717, 1.165) is 24.2 Å². The third kappa shape index (κ3) is 3.25. The zero-order valence-electron chi connectivity index (χ0n) is 15.9. The van der Waals surface area contributed by atoms with E-state index in [9.17, 15) is 10.1 Å². The number of fused-ring (bicyclic) bond motifs is 4. The number of anilines is 1. The maximum Gasteiger partial charge on any atom is 0.250 e. The molecule has 0 radical (unpaired) electrons. The van der Waals surface area contributed by atoms with Crippen molar-refractivity contribution in [3.8, 4) is 6.07 Å². The first-order valence-electron chi connectivity index (χ1n) is 9.80. The van der Waals surface area contributed by atoms with Crippen molar-refractivity contribution in [1.29, 1.82) is 5.26 Å². The van der Waals surface area contributed by atoms with Gasteiger partial charge in [0, 0.05) is 43.4 Å². The fourth-order valence-corrected chi connectivity index (χ4v) is 4.48. The Bertz CT molecular complexity index is 1170. The molecule has 6 heteroatoms. The molecule has 29 heavy (non-hydrogen) atoms. The van der Waals surface area contributed by atoms with Crippen LogP contribution < -0.4 is 10.5 Å². The van der Waals surface area contributed by atoms with Gasteiger partial charge in [0.15, 0.2) is 0 Å². The SMILES string of the molecule is N#Cc1nc(/C=C/c2ccccc2)oc1N1C[C@@H]2C[C@H](C1)c1cccc(=O)n1C2. The lowest BCUT2D eigenvalue weighted by Gasteiger charge is -2.42. The van der Waals surface area contributed by atoms with Crippen LogP contribution in [0.2, 0.25) is 0 Å². The third-order valence-electron chi connectivity index (χ3n) is 5.72. The van der Waals surface area contributed by atoms with Gasteiger partial charge in [-0.2, -0.15) is 10.2 Å². The van der Waals surface area contributed by atoms with Crippen LogP contribution in [0.5, 0.6) is 0 Å². The lowest BCUT2D eigenvalue weighted by atomic mass is 9.83. The zero-order chi connectivity index (χ0) is 19.8. The molecular weight excluding hydrogens is 364 g/mol. The number of nitriles is 1. The van der Waals surface area contributed by atoms with Crippen molar-refractivity contribution in [3.63, 3.8) is 0 Å². The van der Waals surface area contributed by atoms with E-state index in [2.05, 4.69) is 16.0 Å². The molecule has 0 spiro atoms. The number of hydrogen-bond donors (Lipinski definition) is 0. The Balaban J connectivity index is 1.43. The molecular formula is C23H20N4O2. The zero-order valence-corrected chi connectivity index (χ0v) is 15.9. The van der Waals surface area contributed by atoms with E-state index in [4.69, 9.17) is 4.42 Å². The molecule has 2 atom stereocenters. The molecule has 4 heterocycles. The predicted octanol–water partition coefficient (Wildman–Crippen LogP) is 3.50. The first-order valence-corrected chi connectivity index (χ1v) is 9.80. The first kappa shape index (κ1) is 17.5. The molecule has 5 rings (SSSR count). The number of rotatable bonds is 3. The summed E-state index contributed by atoms with van der Waals surface area (Å²) in [4.78, 5) is 18.7. The topological polar surface area (TPSA) is 75.1 Å². The molecule has 2 aliphatic heterocycles. The Hall–Kier alpha value is -3.59. The Morgan fingerprint density at radius 2 is 1.93 bits per heavy atom. The maximum absolute atomic E-state index is 12.2. The minimum Gasteiger partial charge on any atom is -0.420 e. The minimum atomic E-state index is 0.0661. The summed E-state index contributed by atoms with van der Waals surface area (Å²) < 4.78 is 7.88. The fraction of sp³-hybridized carbons (Fsp3) is 0.261. The molecule has 6 nitrogen and oxygen atoms in total. The van der Waals surface area contributed by atoms with Gasteiger partial charge in [-0.25, -0.2) is 0 Å². The van der Waals surface area contributed by atoms with Crippen LogP contribution in [0.3, 0.4) is 0 Å². The van der Waals surface area contributed by atoms with Crippen LogP contribution in [-0.2, 0) is 6.54 Å². The number of piperidine rings is 1. The second-order valence-corrected chi connectivity index (χ2v) is 7.66. The van der Waals surface area contributed by atoms with Gasteiger partial charge in [-0.1, -0.05) is 36.4 Å². The van der Waals surface area contributed by atoms with Gasteiger partial charge >= 0.3 is 0 Å². The molecule has 0 aliphatic carbocycles. The summed E-state index contributed by atoms with van der Waals surface area (Å²) in [6.07, 6.45) is 4.76. The summed E-state index contributed by atoms with van der Waals surface area (Å²) in [7, 11) is 0. The summed E-state index contributed by atoms with van der Waals surface area (Å²) in [5.41, 5.74) is 2.49. The highest BCUT2D eigenvalue weighted by Crippen LogP contribution is 2.38. The van der Waals surface area contributed by atoms with E-state index >= 15 is 0 Å².